The molecule has 1 aliphatic rings. The zero-order valence-corrected chi connectivity index (χ0v) is 17.1. The van der Waals surface area contributed by atoms with Crippen LogP contribution in [0.4, 0.5) is 0 Å². The molecule has 0 saturated carbocycles. The molecule has 2 unspecified atom stereocenters. The second kappa shape index (κ2) is 9.54. The number of hydrogen-bond acceptors (Lipinski definition) is 5. The van der Waals surface area contributed by atoms with Crippen LogP contribution < -0.4 is 15.4 Å². The van der Waals surface area contributed by atoms with Crippen LogP contribution in [0.1, 0.15) is 30.6 Å². The molecule has 152 valence electrons. The van der Waals surface area contributed by atoms with Gasteiger partial charge in [0, 0.05) is 26.6 Å². The van der Waals surface area contributed by atoms with Crippen molar-refractivity contribution in [1.29, 1.82) is 0 Å². The summed E-state index contributed by atoms with van der Waals surface area (Å²) in [5.74, 6) is 3.41. The summed E-state index contributed by atoms with van der Waals surface area (Å²) in [4.78, 5) is 8.86. The second-order valence-corrected chi connectivity index (χ2v) is 7.14. The minimum absolute atomic E-state index is 0.0187. The Bertz CT molecular complexity index is 804. The van der Waals surface area contributed by atoms with E-state index >= 15 is 0 Å². The Balaban J connectivity index is 1.48. The average Bonchev–Trinajstić information content (AvgIpc) is 3.07. The lowest BCUT2D eigenvalue weighted by molar-refractivity contribution is 0.177. The molecular weight excluding hydrogens is 356 g/mol. The molecule has 0 fully saturated rings. The van der Waals surface area contributed by atoms with Gasteiger partial charge in [-0.1, -0.05) is 12.1 Å². The third-order valence-corrected chi connectivity index (χ3v) is 4.62. The van der Waals surface area contributed by atoms with Crippen LogP contribution in [-0.2, 0) is 24.3 Å². The predicted molar refractivity (Wildman–Crippen MR) is 109 cm³/mol. The fraction of sp³-hybridized carbons (Fsp3) is 0.550. The van der Waals surface area contributed by atoms with Gasteiger partial charge in [-0.2, -0.15) is 5.10 Å². The molecule has 0 saturated heterocycles. The monoisotopic (exact) mass is 386 g/mol. The van der Waals surface area contributed by atoms with E-state index in [4.69, 9.17) is 9.47 Å². The van der Waals surface area contributed by atoms with Gasteiger partial charge in [0.2, 0.25) is 0 Å². The predicted octanol–water partition coefficient (Wildman–Crippen LogP) is 1.68. The highest BCUT2D eigenvalue weighted by molar-refractivity contribution is 5.80. The van der Waals surface area contributed by atoms with Crippen LogP contribution in [0, 0.1) is 6.92 Å². The highest BCUT2D eigenvalue weighted by Crippen LogP contribution is 2.15. The van der Waals surface area contributed by atoms with E-state index in [0.29, 0.717) is 13.2 Å². The number of aryl methyl sites for hydroxylation is 2. The van der Waals surface area contributed by atoms with E-state index in [9.17, 15) is 0 Å². The molecule has 8 heteroatoms. The largest absolute Gasteiger partial charge is 0.489 e. The van der Waals surface area contributed by atoms with Crippen LogP contribution in [-0.4, -0.2) is 53.6 Å². The molecule has 0 amide bonds. The van der Waals surface area contributed by atoms with E-state index in [1.807, 2.05) is 29.8 Å². The zero-order chi connectivity index (χ0) is 19.9. The van der Waals surface area contributed by atoms with Gasteiger partial charge < -0.3 is 20.1 Å². The summed E-state index contributed by atoms with van der Waals surface area (Å²) >= 11 is 0. The summed E-state index contributed by atoms with van der Waals surface area (Å²) in [5, 5.41) is 11.3. The van der Waals surface area contributed by atoms with Crippen molar-refractivity contribution in [2.24, 2.45) is 4.99 Å². The molecule has 2 N–H and O–H groups in total. The van der Waals surface area contributed by atoms with Gasteiger partial charge >= 0.3 is 0 Å². The van der Waals surface area contributed by atoms with E-state index in [-0.39, 0.29) is 12.1 Å². The highest BCUT2D eigenvalue weighted by atomic mass is 16.5. The van der Waals surface area contributed by atoms with Crippen molar-refractivity contribution in [3.05, 3.63) is 41.5 Å². The number of aromatic nitrogens is 3. The first-order valence-electron chi connectivity index (χ1n) is 9.69. The molecule has 2 aromatic rings. The van der Waals surface area contributed by atoms with Gasteiger partial charge in [0.15, 0.2) is 11.8 Å². The first-order chi connectivity index (χ1) is 13.6. The van der Waals surface area contributed by atoms with Gasteiger partial charge in [-0.3, -0.25) is 4.99 Å². The van der Waals surface area contributed by atoms with Gasteiger partial charge in [0.25, 0.3) is 0 Å². The highest BCUT2D eigenvalue weighted by Gasteiger charge is 2.22. The van der Waals surface area contributed by atoms with E-state index in [2.05, 4.69) is 38.7 Å². The van der Waals surface area contributed by atoms with E-state index in [0.717, 1.165) is 42.7 Å². The number of guanidine groups is 1. The van der Waals surface area contributed by atoms with Crippen LogP contribution in [0.25, 0.3) is 0 Å². The molecule has 1 aromatic heterocycles. The van der Waals surface area contributed by atoms with Crippen LogP contribution in [0.2, 0.25) is 0 Å². The maximum Gasteiger partial charge on any atom is 0.191 e. The van der Waals surface area contributed by atoms with Gasteiger partial charge in [0.1, 0.15) is 24.3 Å². The molecular formula is C20H30N6O2. The number of nitrogens with one attached hydrogen (secondary N) is 2. The molecule has 1 aromatic carbocycles. The topological polar surface area (TPSA) is 85.6 Å². The Morgan fingerprint density at radius 3 is 3.04 bits per heavy atom. The van der Waals surface area contributed by atoms with Gasteiger partial charge in [0.05, 0.1) is 13.1 Å². The third-order valence-electron chi connectivity index (χ3n) is 4.62. The molecule has 0 spiro atoms. The smallest absolute Gasteiger partial charge is 0.191 e. The van der Waals surface area contributed by atoms with E-state index in [1.54, 1.807) is 14.2 Å². The number of benzene rings is 1. The molecule has 0 bridgehead atoms. The number of nitrogens with zero attached hydrogens (tertiary/aromatic N) is 4. The molecule has 1 aliphatic heterocycles. The van der Waals surface area contributed by atoms with E-state index in [1.165, 1.54) is 5.56 Å². The molecule has 2 atom stereocenters. The van der Waals surface area contributed by atoms with Crippen molar-refractivity contribution in [2.45, 2.75) is 52.0 Å². The molecule has 8 nitrogen and oxygen atoms in total. The van der Waals surface area contributed by atoms with Crippen molar-refractivity contribution < 1.29 is 9.47 Å². The fourth-order valence-electron chi connectivity index (χ4n) is 3.26. The quantitative estimate of drug-likeness (QED) is 0.556. The summed E-state index contributed by atoms with van der Waals surface area (Å²) in [6.07, 6.45) is 1.89. The summed E-state index contributed by atoms with van der Waals surface area (Å²) in [6.45, 7) is 5.97. The molecule has 28 heavy (non-hydrogen) atoms. The van der Waals surface area contributed by atoms with Crippen LogP contribution in [0.3, 0.4) is 0 Å². The number of rotatable bonds is 7. The third kappa shape index (κ3) is 5.45. The van der Waals surface area contributed by atoms with Gasteiger partial charge in [-0.05, 0) is 38.0 Å². The molecule has 0 aliphatic carbocycles. The first-order valence-corrected chi connectivity index (χ1v) is 9.69. The normalized spacial score (nSPS) is 17.7. The van der Waals surface area contributed by atoms with E-state index < -0.39 is 0 Å². The van der Waals surface area contributed by atoms with Gasteiger partial charge in [-0.15, -0.1) is 0 Å². The Hall–Kier alpha value is -2.61. The summed E-state index contributed by atoms with van der Waals surface area (Å²) in [7, 11) is 3.44. The minimum Gasteiger partial charge on any atom is -0.489 e. The number of ether oxygens (including phenoxy) is 2. The Labute approximate surface area is 166 Å². The van der Waals surface area contributed by atoms with Crippen molar-refractivity contribution >= 4 is 5.96 Å². The second-order valence-electron chi connectivity index (χ2n) is 7.14. The molecule has 2 heterocycles. The van der Waals surface area contributed by atoms with Gasteiger partial charge in [-0.25, -0.2) is 9.67 Å². The Morgan fingerprint density at radius 1 is 1.43 bits per heavy atom. The number of hydrogen-bond donors (Lipinski definition) is 2. The average molecular weight is 387 g/mol. The summed E-state index contributed by atoms with van der Waals surface area (Å²) in [6, 6.07) is 8.34. The summed E-state index contributed by atoms with van der Waals surface area (Å²) < 4.78 is 13.1. The van der Waals surface area contributed by atoms with Crippen molar-refractivity contribution in [3.8, 4) is 5.75 Å². The first kappa shape index (κ1) is 20.1. The van der Waals surface area contributed by atoms with Crippen LogP contribution in [0.15, 0.2) is 29.3 Å². The number of methoxy groups -OCH3 is 1. The lowest BCUT2D eigenvalue weighted by Crippen LogP contribution is -2.48. The fourth-order valence-corrected chi connectivity index (χ4v) is 3.26. The van der Waals surface area contributed by atoms with Crippen LogP contribution >= 0.6 is 0 Å². The maximum absolute atomic E-state index is 5.97. The summed E-state index contributed by atoms with van der Waals surface area (Å²) in [5.41, 5.74) is 1.19. The maximum atomic E-state index is 5.97. The van der Waals surface area contributed by atoms with Crippen molar-refractivity contribution in [3.63, 3.8) is 0 Å². The van der Waals surface area contributed by atoms with Crippen molar-refractivity contribution in [2.75, 3.05) is 20.7 Å². The lowest BCUT2D eigenvalue weighted by atomic mass is 10.1. The van der Waals surface area contributed by atoms with Crippen molar-refractivity contribution in [1.82, 2.24) is 25.4 Å². The SMILES string of the molecule is CN=C(NCC(C)Oc1cccc(C)c1)NC1CCc2nc(COC)nn2C1. The Kier molecular flexibility index (Phi) is 6.86. The molecule has 3 rings (SSSR count). The molecule has 0 radical (unpaired) electrons. The number of aliphatic imine (C=N–C) groups is 1. The Morgan fingerprint density at radius 2 is 2.29 bits per heavy atom. The van der Waals surface area contributed by atoms with Crippen LogP contribution in [0.5, 0.6) is 5.75 Å². The standard InChI is InChI=1S/C20H30N6O2/c1-14-6-5-7-17(10-14)28-15(2)11-22-20(21-3)23-16-8-9-19-24-18(13-27-4)25-26(19)12-16/h5-7,10,15-16H,8-9,11-13H2,1-4H3,(H2,21,22,23). The zero-order valence-electron chi connectivity index (χ0n) is 17.1. The lowest BCUT2D eigenvalue weighted by Gasteiger charge is -2.26. The number of fused-ring (bicyclic) bond motifs is 1. The minimum atomic E-state index is 0.0187.